The van der Waals surface area contributed by atoms with Gasteiger partial charge in [-0.1, -0.05) is 88.2 Å². The van der Waals surface area contributed by atoms with Crippen LogP contribution < -0.4 is 9.47 Å². The summed E-state index contributed by atoms with van der Waals surface area (Å²) < 4.78 is 21.0. The van der Waals surface area contributed by atoms with Gasteiger partial charge in [-0.05, 0) is 12.8 Å². The van der Waals surface area contributed by atoms with Crippen molar-refractivity contribution in [3.63, 3.8) is 0 Å². The van der Waals surface area contributed by atoms with Gasteiger partial charge in [-0.25, -0.2) is 9.59 Å². The van der Waals surface area contributed by atoms with Crippen LogP contribution in [0.15, 0.2) is 30.3 Å². The lowest BCUT2D eigenvalue weighted by molar-refractivity contribution is 0.0958. The van der Waals surface area contributed by atoms with Crippen LogP contribution in [0.5, 0.6) is 11.5 Å². The zero-order valence-electron chi connectivity index (χ0n) is 18.3. The lowest BCUT2D eigenvalue weighted by Gasteiger charge is -2.13. The van der Waals surface area contributed by atoms with E-state index in [1.54, 1.807) is 24.3 Å². The van der Waals surface area contributed by atoms with Crippen molar-refractivity contribution in [3.8, 4) is 11.5 Å². The summed E-state index contributed by atoms with van der Waals surface area (Å²) >= 11 is 6.34. The summed E-state index contributed by atoms with van der Waals surface area (Å²) in [5.74, 6) is 0.399. The Labute approximate surface area is 188 Å². The van der Waals surface area contributed by atoms with Crippen LogP contribution in [0.3, 0.4) is 0 Å². The molecule has 0 aliphatic carbocycles. The predicted molar refractivity (Wildman–Crippen MR) is 121 cm³/mol. The average molecular weight is 451 g/mol. The minimum absolute atomic E-state index is 0.132. The third kappa shape index (κ3) is 8.29. The summed E-state index contributed by atoms with van der Waals surface area (Å²) in [5.41, 5.74) is 0. The molecule has 0 aromatic heterocycles. The SMILES string of the molecule is CCCCCCOC(=O)Oc1cc(Cl)c(OC(=O)OCCCCCC)c2ccccc12. The highest BCUT2D eigenvalue weighted by Gasteiger charge is 2.19. The zero-order chi connectivity index (χ0) is 22.5. The fraction of sp³-hybridized carbons (Fsp3) is 0.500. The smallest absolute Gasteiger partial charge is 0.434 e. The molecule has 0 aliphatic rings. The largest absolute Gasteiger partial charge is 0.513 e. The van der Waals surface area contributed by atoms with Gasteiger partial charge in [0.05, 0.1) is 18.2 Å². The molecule has 0 atom stereocenters. The van der Waals surface area contributed by atoms with Crippen molar-refractivity contribution in [1.29, 1.82) is 0 Å². The molecule has 2 aromatic carbocycles. The first-order valence-electron chi connectivity index (χ1n) is 11.0. The van der Waals surface area contributed by atoms with E-state index in [1.165, 1.54) is 6.07 Å². The maximum atomic E-state index is 12.1. The van der Waals surface area contributed by atoms with Crippen molar-refractivity contribution in [1.82, 2.24) is 0 Å². The van der Waals surface area contributed by atoms with Gasteiger partial charge >= 0.3 is 12.3 Å². The number of ether oxygens (including phenoxy) is 4. The molecular weight excluding hydrogens is 420 g/mol. The quantitative estimate of drug-likeness (QED) is 0.187. The minimum Gasteiger partial charge on any atom is -0.434 e. The standard InChI is InChI=1S/C24H31ClO6/c1-3-5-7-11-15-28-23(26)30-21-17-20(25)22(19-14-10-9-13-18(19)21)31-24(27)29-16-12-8-6-4-2/h9-10,13-14,17H,3-8,11-12,15-16H2,1-2H3. The number of halogens is 1. The molecule has 7 heteroatoms. The molecule has 2 aromatic rings. The number of unbranched alkanes of at least 4 members (excludes halogenated alkanes) is 6. The van der Waals surface area contributed by atoms with Crippen LogP contribution >= 0.6 is 11.6 Å². The summed E-state index contributed by atoms with van der Waals surface area (Å²) in [6.07, 6.45) is 6.36. The van der Waals surface area contributed by atoms with Crippen LogP contribution in [-0.4, -0.2) is 25.5 Å². The van der Waals surface area contributed by atoms with Crippen LogP contribution in [0.1, 0.15) is 65.2 Å². The Morgan fingerprint density at radius 1 is 0.774 bits per heavy atom. The summed E-state index contributed by atoms with van der Waals surface area (Å²) in [6, 6.07) is 8.48. The third-order valence-electron chi connectivity index (χ3n) is 4.73. The van der Waals surface area contributed by atoms with E-state index >= 15 is 0 Å². The molecule has 0 unspecified atom stereocenters. The van der Waals surface area contributed by atoms with Gasteiger partial charge in [0.1, 0.15) is 5.75 Å². The summed E-state index contributed by atoms with van der Waals surface area (Å²) in [6.45, 7) is 4.82. The van der Waals surface area contributed by atoms with Crippen molar-refractivity contribution in [2.24, 2.45) is 0 Å². The van der Waals surface area contributed by atoms with Gasteiger partial charge in [0.2, 0.25) is 0 Å². The van der Waals surface area contributed by atoms with E-state index in [1.807, 2.05) is 0 Å². The average Bonchev–Trinajstić information content (AvgIpc) is 2.76. The topological polar surface area (TPSA) is 71.1 Å². The number of rotatable bonds is 12. The van der Waals surface area contributed by atoms with E-state index in [0.717, 1.165) is 51.4 Å². The molecule has 31 heavy (non-hydrogen) atoms. The molecule has 0 bridgehead atoms. The monoisotopic (exact) mass is 450 g/mol. The van der Waals surface area contributed by atoms with E-state index in [4.69, 9.17) is 30.5 Å². The van der Waals surface area contributed by atoms with Gasteiger partial charge in [-0.2, -0.15) is 0 Å². The van der Waals surface area contributed by atoms with Crippen molar-refractivity contribution in [2.75, 3.05) is 13.2 Å². The molecule has 6 nitrogen and oxygen atoms in total. The van der Waals surface area contributed by atoms with Crippen molar-refractivity contribution >= 4 is 34.7 Å². The molecule has 0 heterocycles. The number of hydrogen-bond acceptors (Lipinski definition) is 6. The zero-order valence-corrected chi connectivity index (χ0v) is 19.0. The van der Waals surface area contributed by atoms with E-state index in [0.29, 0.717) is 24.0 Å². The first-order valence-corrected chi connectivity index (χ1v) is 11.3. The second-order valence-electron chi connectivity index (χ2n) is 7.25. The Hall–Kier alpha value is -2.47. The van der Waals surface area contributed by atoms with Crippen LogP contribution in [0.2, 0.25) is 5.02 Å². The van der Waals surface area contributed by atoms with Gasteiger partial charge in [-0.3, -0.25) is 0 Å². The van der Waals surface area contributed by atoms with Gasteiger partial charge in [-0.15, -0.1) is 0 Å². The first kappa shape index (κ1) is 24.8. The Kier molecular flexibility index (Phi) is 11.0. The Bertz CT molecular complexity index is 851. The molecule has 0 aliphatic heterocycles. The summed E-state index contributed by atoms with van der Waals surface area (Å²) in [4.78, 5) is 24.2. The highest BCUT2D eigenvalue weighted by atomic mass is 35.5. The van der Waals surface area contributed by atoms with Crippen molar-refractivity contribution in [3.05, 3.63) is 35.4 Å². The molecule has 0 N–H and O–H groups in total. The molecule has 0 amide bonds. The highest BCUT2D eigenvalue weighted by Crippen LogP contribution is 2.40. The number of carbonyl (C=O) groups excluding carboxylic acids is 2. The van der Waals surface area contributed by atoms with Crippen LogP contribution in [-0.2, 0) is 9.47 Å². The molecule has 0 fully saturated rings. The van der Waals surface area contributed by atoms with Crippen molar-refractivity contribution < 1.29 is 28.5 Å². The summed E-state index contributed by atoms with van der Waals surface area (Å²) in [5, 5.41) is 1.23. The maximum Gasteiger partial charge on any atom is 0.513 e. The minimum atomic E-state index is -0.816. The second kappa shape index (κ2) is 13.8. The van der Waals surface area contributed by atoms with Crippen LogP contribution in [0.4, 0.5) is 9.59 Å². The molecule has 2 rings (SSSR count). The number of hydrogen-bond donors (Lipinski definition) is 0. The predicted octanol–water partition coefficient (Wildman–Crippen LogP) is 7.68. The van der Waals surface area contributed by atoms with E-state index < -0.39 is 12.3 Å². The molecule has 0 saturated carbocycles. The first-order chi connectivity index (χ1) is 15.1. The summed E-state index contributed by atoms with van der Waals surface area (Å²) in [7, 11) is 0. The van der Waals surface area contributed by atoms with E-state index in [9.17, 15) is 9.59 Å². The second-order valence-corrected chi connectivity index (χ2v) is 7.66. The maximum absolute atomic E-state index is 12.1. The van der Waals surface area contributed by atoms with Gasteiger partial charge in [0.25, 0.3) is 0 Å². The van der Waals surface area contributed by atoms with Gasteiger partial charge in [0, 0.05) is 16.8 Å². The lowest BCUT2D eigenvalue weighted by atomic mass is 10.1. The molecule has 0 spiro atoms. The fourth-order valence-corrected chi connectivity index (χ4v) is 3.31. The molecule has 0 radical (unpaired) electrons. The van der Waals surface area contributed by atoms with Gasteiger partial charge in [0.15, 0.2) is 5.75 Å². The molecule has 170 valence electrons. The van der Waals surface area contributed by atoms with Crippen LogP contribution in [0, 0.1) is 0 Å². The van der Waals surface area contributed by atoms with E-state index in [2.05, 4.69) is 13.8 Å². The van der Waals surface area contributed by atoms with Gasteiger partial charge < -0.3 is 18.9 Å². The van der Waals surface area contributed by atoms with E-state index in [-0.39, 0.29) is 16.5 Å². The number of benzene rings is 2. The fourth-order valence-electron chi connectivity index (χ4n) is 3.07. The molecule has 0 saturated heterocycles. The normalized spacial score (nSPS) is 10.7. The Balaban J connectivity index is 2.04. The third-order valence-corrected chi connectivity index (χ3v) is 5.01. The van der Waals surface area contributed by atoms with Crippen LogP contribution in [0.25, 0.3) is 10.8 Å². The lowest BCUT2D eigenvalue weighted by Crippen LogP contribution is -2.13. The number of carbonyl (C=O) groups is 2. The Morgan fingerprint density at radius 3 is 1.90 bits per heavy atom. The molecular formula is C24H31ClO6. The van der Waals surface area contributed by atoms with Crippen molar-refractivity contribution in [2.45, 2.75) is 65.2 Å². The Morgan fingerprint density at radius 2 is 1.32 bits per heavy atom. The highest BCUT2D eigenvalue weighted by molar-refractivity contribution is 6.33. The number of fused-ring (bicyclic) bond motifs is 1.